The van der Waals surface area contributed by atoms with Gasteiger partial charge in [-0.05, 0) is 46.9 Å². The highest BCUT2D eigenvalue weighted by molar-refractivity contribution is 14.1. The lowest BCUT2D eigenvalue weighted by molar-refractivity contribution is -0.144. The van der Waals surface area contributed by atoms with Crippen LogP contribution in [0.25, 0.3) is 0 Å². The zero-order valence-electron chi connectivity index (χ0n) is 9.98. The lowest BCUT2D eigenvalue weighted by Gasteiger charge is -2.23. The number of carbonyl (C=O) groups excluding carboxylic acids is 1. The first kappa shape index (κ1) is 14.1. The van der Waals surface area contributed by atoms with Crippen LogP contribution in [0.4, 0.5) is 10.5 Å². The van der Waals surface area contributed by atoms with Crippen LogP contribution in [-0.4, -0.2) is 35.9 Å². The van der Waals surface area contributed by atoms with E-state index in [0.29, 0.717) is 12.3 Å². The molecule has 1 aliphatic rings. The fraction of sp³-hybridized carbons (Fsp3) is 0.333. The van der Waals surface area contributed by atoms with E-state index < -0.39 is 17.5 Å². The Morgan fingerprint density at radius 2 is 2.00 bits per heavy atom. The van der Waals surface area contributed by atoms with Gasteiger partial charge < -0.3 is 20.5 Å². The molecule has 2 amide bonds. The molecule has 1 unspecified atom stereocenters. The number of nitrogens with one attached hydrogen (secondary N) is 2. The summed E-state index contributed by atoms with van der Waals surface area (Å²) in [6, 6.07) is 6.65. The SMILES string of the molecule is O=C(Nc1ccc(I)cc1)NC1(C(=O)O)CCOC1. The molecule has 0 aliphatic carbocycles. The monoisotopic (exact) mass is 376 g/mol. The third kappa shape index (κ3) is 3.35. The van der Waals surface area contributed by atoms with Gasteiger partial charge in [0.2, 0.25) is 0 Å². The molecule has 1 heterocycles. The number of ether oxygens (including phenoxy) is 1. The normalized spacial score (nSPS) is 21.9. The lowest BCUT2D eigenvalue weighted by atomic mass is 9.99. The molecule has 0 spiro atoms. The molecule has 2 rings (SSSR count). The van der Waals surface area contributed by atoms with Crippen LogP contribution in [0.3, 0.4) is 0 Å². The van der Waals surface area contributed by atoms with Crippen molar-refractivity contribution in [1.82, 2.24) is 5.32 Å². The minimum Gasteiger partial charge on any atom is -0.479 e. The van der Waals surface area contributed by atoms with Crippen LogP contribution in [0.5, 0.6) is 0 Å². The zero-order chi connectivity index (χ0) is 13.9. The number of halogens is 1. The molecule has 19 heavy (non-hydrogen) atoms. The topological polar surface area (TPSA) is 87.7 Å². The summed E-state index contributed by atoms with van der Waals surface area (Å²) in [5, 5.41) is 14.3. The van der Waals surface area contributed by atoms with Crippen molar-refractivity contribution in [2.24, 2.45) is 0 Å². The van der Waals surface area contributed by atoms with Crippen molar-refractivity contribution in [3.63, 3.8) is 0 Å². The maximum atomic E-state index is 11.8. The van der Waals surface area contributed by atoms with Crippen LogP contribution >= 0.6 is 22.6 Å². The Hall–Kier alpha value is -1.35. The van der Waals surface area contributed by atoms with Crippen molar-refractivity contribution < 1.29 is 19.4 Å². The summed E-state index contributed by atoms with van der Waals surface area (Å²) in [6.45, 7) is 0.318. The number of hydrogen-bond acceptors (Lipinski definition) is 3. The number of carboxylic acids is 1. The van der Waals surface area contributed by atoms with Gasteiger partial charge in [-0.2, -0.15) is 0 Å². The van der Waals surface area contributed by atoms with Gasteiger partial charge in [0.25, 0.3) is 0 Å². The molecule has 1 saturated heterocycles. The quantitative estimate of drug-likeness (QED) is 0.701. The van der Waals surface area contributed by atoms with Gasteiger partial charge in [-0.25, -0.2) is 9.59 Å². The molecular weight excluding hydrogens is 363 g/mol. The molecule has 0 aromatic heterocycles. The van der Waals surface area contributed by atoms with Crippen molar-refractivity contribution in [2.45, 2.75) is 12.0 Å². The molecule has 3 N–H and O–H groups in total. The number of hydrogen-bond donors (Lipinski definition) is 3. The lowest BCUT2D eigenvalue weighted by Crippen LogP contribution is -2.56. The van der Waals surface area contributed by atoms with E-state index in [9.17, 15) is 14.7 Å². The standard InChI is InChI=1S/C12H13IN2O4/c13-8-1-3-9(4-2-8)14-11(18)15-12(10(16)17)5-6-19-7-12/h1-4H,5-7H2,(H,16,17)(H2,14,15,18). The summed E-state index contributed by atoms with van der Waals surface area (Å²) >= 11 is 2.16. The van der Waals surface area contributed by atoms with Crippen molar-refractivity contribution >= 4 is 40.3 Å². The maximum absolute atomic E-state index is 11.8. The molecule has 1 aromatic carbocycles. The summed E-state index contributed by atoms with van der Waals surface area (Å²) in [5.41, 5.74) is -0.717. The predicted molar refractivity (Wildman–Crippen MR) is 77.1 cm³/mol. The Labute approximate surface area is 123 Å². The summed E-state index contributed by atoms with van der Waals surface area (Å²) in [4.78, 5) is 23.1. The first-order valence-corrected chi connectivity index (χ1v) is 6.76. The minimum absolute atomic E-state index is 0.0115. The number of amides is 2. The van der Waals surface area contributed by atoms with Gasteiger partial charge in [0, 0.05) is 22.3 Å². The van der Waals surface area contributed by atoms with Gasteiger partial charge in [0.1, 0.15) is 0 Å². The van der Waals surface area contributed by atoms with Crippen molar-refractivity contribution in [1.29, 1.82) is 0 Å². The van der Waals surface area contributed by atoms with Crippen molar-refractivity contribution in [3.05, 3.63) is 27.8 Å². The first-order chi connectivity index (χ1) is 9.02. The molecule has 1 atom stereocenters. The molecule has 0 radical (unpaired) electrons. The van der Waals surface area contributed by atoms with Gasteiger partial charge in [-0.1, -0.05) is 0 Å². The Morgan fingerprint density at radius 3 is 2.53 bits per heavy atom. The van der Waals surface area contributed by atoms with Gasteiger partial charge in [0.05, 0.1) is 6.61 Å². The maximum Gasteiger partial charge on any atom is 0.332 e. The van der Waals surface area contributed by atoms with Crippen LogP contribution in [0.2, 0.25) is 0 Å². The Morgan fingerprint density at radius 1 is 1.32 bits per heavy atom. The van der Waals surface area contributed by atoms with Crippen LogP contribution in [-0.2, 0) is 9.53 Å². The summed E-state index contributed by atoms with van der Waals surface area (Å²) in [6.07, 6.45) is 0.266. The molecule has 102 valence electrons. The largest absolute Gasteiger partial charge is 0.479 e. The summed E-state index contributed by atoms with van der Waals surface area (Å²) in [7, 11) is 0. The van der Waals surface area contributed by atoms with Crippen LogP contribution in [0, 0.1) is 3.57 Å². The highest BCUT2D eigenvalue weighted by Crippen LogP contribution is 2.19. The van der Waals surface area contributed by atoms with E-state index >= 15 is 0 Å². The fourth-order valence-corrected chi connectivity index (χ4v) is 2.16. The highest BCUT2D eigenvalue weighted by Gasteiger charge is 2.44. The molecule has 0 bridgehead atoms. The Kier molecular flexibility index (Phi) is 4.25. The number of carbonyl (C=O) groups is 2. The number of urea groups is 1. The van der Waals surface area contributed by atoms with E-state index in [1.807, 2.05) is 12.1 Å². The zero-order valence-corrected chi connectivity index (χ0v) is 12.1. The van der Waals surface area contributed by atoms with Gasteiger partial charge in [-0.3, -0.25) is 0 Å². The molecule has 0 saturated carbocycles. The summed E-state index contributed by atoms with van der Waals surface area (Å²) in [5.74, 6) is -1.08. The molecule has 6 nitrogen and oxygen atoms in total. The Bertz CT molecular complexity index is 483. The number of carboxylic acid groups (broad SMARTS) is 1. The molecule has 1 aromatic rings. The van der Waals surface area contributed by atoms with Crippen molar-refractivity contribution in [3.8, 4) is 0 Å². The van der Waals surface area contributed by atoms with E-state index in [2.05, 4.69) is 33.2 Å². The van der Waals surface area contributed by atoms with Crippen LogP contribution in [0.1, 0.15) is 6.42 Å². The average molecular weight is 376 g/mol. The third-order valence-electron chi connectivity index (χ3n) is 2.89. The van der Waals surface area contributed by atoms with Gasteiger partial charge in [-0.15, -0.1) is 0 Å². The molecule has 1 aliphatic heterocycles. The number of anilines is 1. The Balaban J connectivity index is 2.00. The average Bonchev–Trinajstić information content (AvgIpc) is 2.82. The highest BCUT2D eigenvalue weighted by atomic mass is 127. The van der Waals surface area contributed by atoms with E-state index in [1.165, 1.54) is 0 Å². The second-order valence-corrected chi connectivity index (χ2v) is 5.52. The smallest absolute Gasteiger partial charge is 0.332 e. The predicted octanol–water partition coefficient (Wildman–Crippen LogP) is 1.66. The van der Waals surface area contributed by atoms with E-state index in [-0.39, 0.29) is 13.0 Å². The van der Waals surface area contributed by atoms with E-state index in [4.69, 9.17) is 4.74 Å². The number of aliphatic carboxylic acids is 1. The van der Waals surface area contributed by atoms with Crippen LogP contribution < -0.4 is 10.6 Å². The second kappa shape index (κ2) is 5.74. The number of benzene rings is 1. The first-order valence-electron chi connectivity index (χ1n) is 5.68. The summed E-state index contributed by atoms with van der Waals surface area (Å²) < 4.78 is 6.11. The molecular formula is C12H13IN2O4. The molecule has 7 heteroatoms. The van der Waals surface area contributed by atoms with Crippen molar-refractivity contribution in [2.75, 3.05) is 18.5 Å². The minimum atomic E-state index is -1.33. The number of rotatable bonds is 3. The van der Waals surface area contributed by atoms with Gasteiger partial charge in [0.15, 0.2) is 5.54 Å². The molecule has 1 fully saturated rings. The second-order valence-electron chi connectivity index (χ2n) is 4.28. The van der Waals surface area contributed by atoms with E-state index in [1.54, 1.807) is 12.1 Å². The van der Waals surface area contributed by atoms with Gasteiger partial charge >= 0.3 is 12.0 Å². The van der Waals surface area contributed by atoms with Crippen LogP contribution in [0.15, 0.2) is 24.3 Å². The fourth-order valence-electron chi connectivity index (χ4n) is 1.80. The third-order valence-corrected chi connectivity index (χ3v) is 3.61. The van der Waals surface area contributed by atoms with E-state index in [0.717, 1.165) is 3.57 Å².